The fraction of sp³-hybridized carbons (Fsp3) is 0.480. The molecule has 6 nitrogen and oxygen atoms in total. The molecule has 1 N–H and O–H groups in total. The molecule has 0 atom stereocenters. The molecule has 0 bridgehead atoms. The van der Waals surface area contributed by atoms with Crippen molar-refractivity contribution in [3.05, 3.63) is 65.7 Å². The molecule has 3 rings (SSSR count). The van der Waals surface area contributed by atoms with E-state index in [9.17, 15) is 0 Å². The SMILES string of the molecule is CN=C(NCc1cccc(COc2ccccc2)c1)N1CCC(OCCCOC)CC1.I. The molecular weight excluding hydrogens is 517 g/mol. The molecule has 2 aromatic carbocycles. The number of piperidine rings is 1. The molecule has 0 radical (unpaired) electrons. The summed E-state index contributed by atoms with van der Waals surface area (Å²) < 4.78 is 16.9. The summed E-state index contributed by atoms with van der Waals surface area (Å²) >= 11 is 0. The van der Waals surface area contributed by atoms with Crippen LogP contribution in [0.1, 0.15) is 30.4 Å². The van der Waals surface area contributed by atoms with Gasteiger partial charge >= 0.3 is 0 Å². The second-order valence-corrected chi connectivity index (χ2v) is 7.73. The maximum Gasteiger partial charge on any atom is 0.193 e. The van der Waals surface area contributed by atoms with Crippen molar-refractivity contribution in [1.82, 2.24) is 10.2 Å². The molecule has 1 heterocycles. The topological polar surface area (TPSA) is 55.3 Å². The Balaban J connectivity index is 0.00000363. The van der Waals surface area contributed by atoms with Crippen LogP contribution >= 0.6 is 24.0 Å². The number of nitrogens with one attached hydrogen (secondary N) is 1. The number of rotatable bonds is 10. The molecule has 0 spiro atoms. The Labute approximate surface area is 209 Å². The van der Waals surface area contributed by atoms with Gasteiger partial charge in [0.1, 0.15) is 12.4 Å². The standard InChI is InChI=1S/C25H35N3O3.HI/c1-26-25(28-14-12-24(13-15-28)30-17-7-16-29-2)27-19-21-8-6-9-22(18-21)20-31-23-10-4-3-5-11-23;/h3-6,8-11,18,24H,7,12-17,19-20H2,1-2H3,(H,26,27);1H. The van der Waals surface area contributed by atoms with Gasteiger partial charge in [-0.1, -0.05) is 42.5 Å². The van der Waals surface area contributed by atoms with E-state index < -0.39 is 0 Å². The number of aliphatic imine (C=N–C) groups is 1. The van der Waals surface area contributed by atoms with E-state index in [1.165, 1.54) is 5.56 Å². The second kappa shape index (κ2) is 15.1. The van der Waals surface area contributed by atoms with Crippen LogP contribution in [0.5, 0.6) is 5.75 Å². The highest BCUT2D eigenvalue weighted by Gasteiger charge is 2.21. The van der Waals surface area contributed by atoms with Gasteiger partial charge in [-0.25, -0.2) is 0 Å². The Kier molecular flexibility index (Phi) is 12.4. The molecule has 32 heavy (non-hydrogen) atoms. The summed E-state index contributed by atoms with van der Waals surface area (Å²) in [4.78, 5) is 6.80. The number of nitrogens with zero attached hydrogens (tertiary/aromatic N) is 2. The van der Waals surface area contributed by atoms with Gasteiger partial charge < -0.3 is 24.4 Å². The monoisotopic (exact) mass is 553 g/mol. The molecule has 1 aliphatic rings. The predicted molar refractivity (Wildman–Crippen MR) is 140 cm³/mol. The zero-order chi connectivity index (χ0) is 21.7. The summed E-state index contributed by atoms with van der Waals surface area (Å²) in [6.45, 7) is 4.74. The van der Waals surface area contributed by atoms with Crippen LogP contribution in [0.2, 0.25) is 0 Å². The van der Waals surface area contributed by atoms with Gasteiger partial charge in [-0.15, -0.1) is 24.0 Å². The lowest BCUT2D eigenvalue weighted by molar-refractivity contribution is 0.00989. The molecule has 7 heteroatoms. The first-order chi connectivity index (χ1) is 15.3. The number of hydrogen-bond donors (Lipinski definition) is 1. The van der Waals surface area contributed by atoms with E-state index in [0.717, 1.165) is 69.4 Å². The van der Waals surface area contributed by atoms with Crippen molar-refractivity contribution in [2.75, 3.05) is 40.5 Å². The molecule has 0 aromatic heterocycles. The average molecular weight is 553 g/mol. The van der Waals surface area contributed by atoms with E-state index in [4.69, 9.17) is 14.2 Å². The molecule has 1 aliphatic heterocycles. The fourth-order valence-corrected chi connectivity index (χ4v) is 3.71. The number of likely N-dealkylation sites (tertiary alicyclic amines) is 1. The predicted octanol–water partition coefficient (Wildman–Crippen LogP) is 4.48. The number of halogens is 1. The van der Waals surface area contributed by atoms with Gasteiger partial charge in [-0.05, 0) is 42.5 Å². The Morgan fingerprint density at radius 3 is 2.50 bits per heavy atom. The zero-order valence-corrected chi connectivity index (χ0v) is 21.5. The molecule has 176 valence electrons. The highest BCUT2D eigenvalue weighted by molar-refractivity contribution is 14.0. The van der Waals surface area contributed by atoms with Crippen molar-refractivity contribution in [2.24, 2.45) is 4.99 Å². The highest BCUT2D eigenvalue weighted by Crippen LogP contribution is 2.15. The van der Waals surface area contributed by atoms with Crippen LogP contribution in [-0.4, -0.2) is 57.4 Å². The van der Waals surface area contributed by atoms with Gasteiger partial charge in [0, 0.05) is 47.0 Å². The average Bonchev–Trinajstić information content (AvgIpc) is 2.83. The van der Waals surface area contributed by atoms with Crippen LogP contribution in [0.15, 0.2) is 59.6 Å². The minimum Gasteiger partial charge on any atom is -0.489 e. The summed E-state index contributed by atoms with van der Waals surface area (Å²) in [5.74, 6) is 1.83. The lowest BCUT2D eigenvalue weighted by Crippen LogP contribution is -2.46. The summed E-state index contributed by atoms with van der Waals surface area (Å²) in [6, 6.07) is 18.4. The maximum absolute atomic E-state index is 5.97. The van der Waals surface area contributed by atoms with E-state index >= 15 is 0 Å². The second-order valence-electron chi connectivity index (χ2n) is 7.73. The third kappa shape index (κ3) is 8.96. The van der Waals surface area contributed by atoms with Gasteiger partial charge in [0.05, 0.1) is 6.10 Å². The molecule has 1 saturated heterocycles. The third-order valence-electron chi connectivity index (χ3n) is 5.39. The van der Waals surface area contributed by atoms with Crippen molar-refractivity contribution in [3.8, 4) is 5.75 Å². The first kappa shape index (κ1) is 26.4. The van der Waals surface area contributed by atoms with Crippen molar-refractivity contribution in [2.45, 2.75) is 38.5 Å². The van der Waals surface area contributed by atoms with Gasteiger partial charge in [-0.2, -0.15) is 0 Å². The van der Waals surface area contributed by atoms with Crippen LogP contribution < -0.4 is 10.1 Å². The van der Waals surface area contributed by atoms with Crippen LogP contribution in [-0.2, 0) is 22.6 Å². The van der Waals surface area contributed by atoms with E-state index in [0.29, 0.717) is 12.7 Å². The summed E-state index contributed by atoms with van der Waals surface area (Å²) in [5.41, 5.74) is 2.37. The fourth-order valence-electron chi connectivity index (χ4n) is 3.71. The quantitative estimate of drug-likeness (QED) is 0.204. The maximum atomic E-state index is 5.97. The minimum absolute atomic E-state index is 0. The summed E-state index contributed by atoms with van der Waals surface area (Å²) in [7, 11) is 3.58. The van der Waals surface area contributed by atoms with Gasteiger partial charge in [0.2, 0.25) is 0 Å². The van der Waals surface area contributed by atoms with Gasteiger partial charge in [-0.3, -0.25) is 4.99 Å². The first-order valence-electron chi connectivity index (χ1n) is 11.1. The smallest absolute Gasteiger partial charge is 0.193 e. The molecule has 1 fully saturated rings. The van der Waals surface area contributed by atoms with E-state index in [1.807, 2.05) is 37.4 Å². The third-order valence-corrected chi connectivity index (χ3v) is 5.39. The number of hydrogen-bond acceptors (Lipinski definition) is 4. The molecule has 0 aliphatic carbocycles. The van der Waals surface area contributed by atoms with Crippen LogP contribution in [0.4, 0.5) is 0 Å². The molecule has 0 saturated carbocycles. The van der Waals surface area contributed by atoms with Crippen LogP contribution in [0, 0.1) is 0 Å². The Morgan fingerprint density at radius 2 is 1.78 bits per heavy atom. The number of ether oxygens (including phenoxy) is 3. The molecule has 0 unspecified atom stereocenters. The van der Waals surface area contributed by atoms with Crippen molar-refractivity contribution < 1.29 is 14.2 Å². The van der Waals surface area contributed by atoms with Crippen molar-refractivity contribution in [1.29, 1.82) is 0 Å². The Morgan fingerprint density at radius 1 is 1.03 bits per heavy atom. The number of benzene rings is 2. The van der Waals surface area contributed by atoms with E-state index in [1.54, 1.807) is 7.11 Å². The lowest BCUT2D eigenvalue weighted by Gasteiger charge is -2.34. The lowest BCUT2D eigenvalue weighted by atomic mass is 10.1. The molecular formula is C25H36IN3O3. The van der Waals surface area contributed by atoms with Crippen LogP contribution in [0.3, 0.4) is 0 Å². The zero-order valence-electron chi connectivity index (χ0n) is 19.2. The number of para-hydroxylation sites is 1. The number of guanidine groups is 1. The first-order valence-corrected chi connectivity index (χ1v) is 11.1. The number of methoxy groups -OCH3 is 1. The minimum atomic E-state index is 0. The Hall–Kier alpha value is -1.84. The van der Waals surface area contributed by atoms with Crippen LogP contribution in [0.25, 0.3) is 0 Å². The highest BCUT2D eigenvalue weighted by atomic mass is 127. The Bertz CT molecular complexity index is 796. The molecule has 0 amide bonds. The van der Waals surface area contributed by atoms with Gasteiger partial charge in [0.25, 0.3) is 0 Å². The summed E-state index contributed by atoms with van der Waals surface area (Å²) in [5, 5.41) is 3.51. The van der Waals surface area contributed by atoms with Gasteiger partial charge in [0.15, 0.2) is 5.96 Å². The molecule has 2 aromatic rings. The summed E-state index contributed by atoms with van der Waals surface area (Å²) in [6.07, 6.45) is 3.35. The van der Waals surface area contributed by atoms with Crippen molar-refractivity contribution >= 4 is 29.9 Å². The van der Waals surface area contributed by atoms with Crippen molar-refractivity contribution in [3.63, 3.8) is 0 Å². The largest absolute Gasteiger partial charge is 0.489 e. The normalized spacial score (nSPS) is 14.7. The van der Waals surface area contributed by atoms with E-state index in [-0.39, 0.29) is 24.0 Å². The van der Waals surface area contributed by atoms with E-state index in [2.05, 4.69) is 39.5 Å².